The molecule has 4 nitrogen and oxygen atoms in total. The van der Waals surface area contributed by atoms with Gasteiger partial charge in [-0.15, -0.1) is 12.4 Å². The van der Waals surface area contributed by atoms with Crippen molar-refractivity contribution < 1.29 is 9.53 Å². The van der Waals surface area contributed by atoms with Crippen LogP contribution in [0.5, 0.6) is 5.75 Å². The Labute approximate surface area is 105 Å². The molecule has 0 atom stereocenters. The normalized spacial score (nSPS) is 9.18. The number of carbonyl (C=O) groups is 1. The van der Waals surface area contributed by atoms with Crippen molar-refractivity contribution in [2.24, 2.45) is 0 Å². The molecule has 2 aromatic rings. The number of carbonyl (C=O) groups excluding carboxylic acids is 1. The topological polar surface area (TPSA) is 65.2 Å². The van der Waals surface area contributed by atoms with Gasteiger partial charge < -0.3 is 10.5 Å². The summed E-state index contributed by atoms with van der Waals surface area (Å²) in [6, 6.07) is 9.09. The number of nitrogens with two attached hydrogens (primary N) is 1. The molecule has 0 aliphatic heterocycles. The summed E-state index contributed by atoms with van der Waals surface area (Å²) in [5.74, 6) is 0.433. The van der Waals surface area contributed by atoms with E-state index in [1.54, 1.807) is 24.4 Å². The third kappa shape index (κ3) is 2.95. The largest absolute Gasteiger partial charge is 0.426 e. The first-order valence-electron chi connectivity index (χ1n) is 4.71. The van der Waals surface area contributed by atoms with Crippen molar-refractivity contribution in [3.8, 4) is 16.9 Å². The molecule has 0 unspecified atom stereocenters. The first-order chi connectivity index (χ1) is 7.81. The smallest absolute Gasteiger partial charge is 0.298 e. The summed E-state index contributed by atoms with van der Waals surface area (Å²) in [7, 11) is 0. The number of pyridine rings is 1. The van der Waals surface area contributed by atoms with Gasteiger partial charge in [0.25, 0.3) is 6.47 Å². The fourth-order valence-corrected chi connectivity index (χ4v) is 1.43. The molecule has 2 N–H and O–H groups in total. The van der Waals surface area contributed by atoms with Gasteiger partial charge >= 0.3 is 0 Å². The Morgan fingerprint density at radius 3 is 2.53 bits per heavy atom. The fourth-order valence-electron chi connectivity index (χ4n) is 1.43. The van der Waals surface area contributed by atoms with Crippen LogP contribution in [0.2, 0.25) is 0 Å². The van der Waals surface area contributed by atoms with Gasteiger partial charge in [-0.05, 0) is 23.8 Å². The number of hydrogen-bond donors (Lipinski definition) is 1. The molecule has 0 saturated heterocycles. The van der Waals surface area contributed by atoms with Crippen LogP contribution in [0.1, 0.15) is 0 Å². The van der Waals surface area contributed by atoms with E-state index in [-0.39, 0.29) is 12.4 Å². The molecule has 0 spiro atoms. The maximum atomic E-state index is 10.3. The zero-order valence-electron chi connectivity index (χ0n) is 8.87. The van der Waals surface area contributed by atoms with Gasteiger partial charge in [-0.25, -0.2) is 0 Å². The van der Waals surface area contributed by atoms with Crippen LogP contribution in [0.15, 0.2) is 42.7 Å². The van der Waals surface area contributed by atoms with Crippen molar-refractivity contribution in [1.82, 2.24) is 4.98 Å². The summed E-state index contributed by atoms with van der Waals surface area (Å²) in [4.78, 5) is 14.2. The van der Waals surface area contributed by atoms with Crippen LogP contribution < -0.4 is 10.5 Å². The summed E-state index contributed by atoms with van der Waals surface area (Å²) in [5, 5.41) is 0. The summed E-state index contributed by atoms with van der Waals surface area (Å²) in [6.45, 7) is 0.387. The monoisotopic (exact) mass is 250 g/mol. The lowest BCUT2D eigenvalue weighted by Gasteiger charge is -2.06. The van der Waals surface area contributed by atoms with Crippen molar-refractivity contribution in [3.05, 3.63) is 42.7 Å². The molecule has 0 bridgehead atoms. The molecule has 0 aliphatic rings. The van der Waals surface area contributed by atoms with Crippen molar-refractivity contribution in [3.63, 3.8) is 0 Å². The lowest BCUT2D eigenvalue weighted by molar-refractivity contribution is -0.120. The SMILES string of the molecule is Cl.Nc1ccc(-c2ccncc2OC=O)cc1. The van der Waals surface area contributed by atoms with E-state index in [9.17, 15) is 4.79 Å². The van der Waals surface area contributed by atoms with E-state index in [0.29, 0.717) is 17.9 Å². The quantitative estimate of drug-likeness (QED) is 0.671. The Hall–Kier alpha value is -2.07. The zero-order chi connectivity index (χ0) is 11.4. The maximum Gasteiger partial charge on any atom is 0.298 e. The number of halogens is 1. The van der Waals surface area contributed by atoms with Crippen LogP contribution >= 0.6 is 12.4 Å². The molecule has 5 heteroatoms. The highest BCUT2D eigenvalue weighted by atomic mass is 35.5. The molecule has 0 aliphatic carbocycles. The highest BCUT2D eigenvalue weighted by molar-refractivity contribution is 5.85. The highest BCUT2D eigenvalue weighted by Gasteiger charge is 2.05. The average Bonchev–Trinajstić information content (AvgIpc) is 2.32. The van der Waals surface area contributed by atoms with Crippen LogP contribution in [0, 0.1) is 0 Å². The Morgan fingerprint density at radius 1 is 1.18 bits per heavy atom. The standard InChI is InChI=1S/C12H10N2O2.ClH/c13-10-3-1-9(2-4-10)11-5-6-14-7-12(11)16-8-15;/h1-8H,13H2;1H. The number of aromatic nitrogens is 1. The summed E-state index contributed by atoms with van der Waals surface area (Å²) >= 11 is 0. The molecule has 1 aromatic heterocycles. The predicted molar refractivity (Wildman–Crippen MR) is 68.0 cm³/mol. The van der Waals surface area contributed by atoms with Gasteiger partial charge in [0.2, 0.25) is 0 Å². The van der Waals surface area contributed by atoms with E-state index in [4.69, 9.17) is 10.5 Å². The highest BCUT2D eigenvalue weighted by Crippen LogP contribution is 2.28. The number of benzene rings is 1. The van der Waals surface area contributed by atoms with Crippen LogP contribution in [0.3, 0.4) is 0 Å². The third-order valence-electron chi connectivity index (χ3n) is 2.18. The first-order valence-corrected chi connectivity index (χ1v) is 4.71. The number of anilines is 1. The molecular formula is C12H11ClN2O2. The van der Waals surface area contributed by atoms with Gasteiger partial charge in [0, 0.05) is 17.4 Å². The Balaban J connectivity index is 0.00000144. The molecular weight excluding hydrogens is 240 g/mol. The van der Waals surface area contributed by atoms with E-state index in [1.165, 1.54) is 6.20 Å². The lowest BCUT2D eigenvalue weighted by Crippen LogP contribution is -1.93. The molecule has 88 valence electrons. The van der Waals surface area contributed by atoms with Crippen LogP contribution in [0.25, 0.3) is 11.1 Å². The van der Waals surface area contributed by atoms with Crippen molar-refractivity contribution in [2.45, 2.75) is 0 Å². The van der Waals surface area contributed by atoms with E-state index in [1.807, 2.05) is 12.1 Å². The first kappa shape index (κ1) is 13.0. The van der Waals surface area contributed by atoms with E-state index >= 15 is 0 Å². The van der Waals surface area contributed by atoms with E-state index < -0.39 is 0 Å². The molecule has 1 heterocycles. The predicted octanol–water partition coefficient (Wildman–Crippen LogP) is 2.29. The van der Waals surface area contributed by atoms with Gasteiger partial charge in [0.15, 0.2) is 5.75 Å². The second kappa shape index (κ2) is 5.86. The van der Waals surface area contributed by atoms with Crippen molar-refractivity contribution in [1.29, 1.82) is 0 Å². The van der Waals surface area contributed by atoms with Gasteiger partial charge in [-0.1, -0.05) is 12.1 Å². The molecule has 0 saturated carbocycles. The minimum absolute atomic E-state index is 0. The second-order valence-corrected chi connectivity index (χ2v) is 3.21. The molecule has 2 rings (SSSR count). The van der Waals surface area contributed by atoms with Gasteiger partial charge in [-0.2, -0.15) is 0 Å². The number of hydrogen-bond acceptors (Lipinski definition) is 4. The number of nitrogens with zero attached hydrogens (tertiary/aromatic N) is 1. The lowest BCUT2D eigenvalue weighted by atomic mass is 10.1. The van der Waals surface area contributed by atoms with Crippen LogP contribution in [-0.2, 0) is 4.79 Å². The minimum Gasteiger partial charge on any atom is -0.426 e. The van der Waals surface area contributed by atoms with E-state index in [2.05, 4.69) is 4.98 Å². The fraction of sp³-hybridized carbons (Fsp3) is 0. The summed E-state index contributed by atoms with van der Waals surface area (Å²) in [5.41, 5.74) is 8.02. The van der Waals surface area contributed by atoms with Crippen molar-refractivity contribution >= 4 is 24.6 Å². The minimum atomic E-state index is 0. The molecule has 0 amide bonds. The molecule has 0 fully saturated rings. The third-order valence-corrected chi connectivity index (χ3v) is 2.18. The van der Waals surface area contributed by atoms with Crippen molar-refractivity contribution in [2.75, 3.05) is 5.73 Å². The maximum absolute atomic E-state index is 10.3. The second-order valence-electron chi connectivity index (χ2n) is 3.21. The van der Waals surface area contributed by atoms with Crippen LogP contribution in [-0.4, -0.2) is 11.5 Å². The van der Waals surface area contributed by atoms with Crippen LogP contribution in [0.4, 0.5) is 5.69 Å². The Kier molecular flexibility index (Phi) is 4.48. The van der Waals surface area contributed by atoms with Gasteiger partial charge in [-0.3, -0.25) is 9.78 Å². The molecule has 1 aromatic carbocycles. The molecule has 0 radical (unpaired) electrons. The van der Waals surface area contributed by atoms with E-state index in [0.717, 1.165) is 11.1 Å². The number of rotatable bonds is 3. The number of nitrogen functional groups attached to an aromatic ring is 1. The summed E-state index contributed by atoms with van der Waals surface area (Å²) in [6.07, 6.45) is 3.14. The number of ether oxygens (including phenoxy) is 1. The molecule has 17 heavy (non-hydrogen) atoms. The average molecular weight is 251 g/mol. The zero-order valence-corrected chi connectivity index (χ0v) is 9.68. The van der Waals surface area contributed by atoms with Gasteiger partial charge in [0.1, 0.15) is 0 Å². The Morgan fingerprint density at radius 2 is 1.88 bits per heavy atom. The summed E-state index contributed by atoms with van der Waals surface area (Å²) < 4.78 is 4.85. The Bertz CT molecular complexity index is 500. The van der Waals surface area contributed by atoms with Gasteiger partial charge in [0.05, 0.1) is 6.20 Å².